The number of fused-ring (bicyclic) bond motifs is 1. The number of carbonyl (C=O) groups is 2. The van der Waals surface area contributed by atoms with Gasteiger partial charge < -0.3 is 26.8 Å². The molecule has 0 fully saturated rings. The minimum atomic E-state index is -0.675. The van der Waals surface area contributed by atoms with Crippen molar-refractivity contribution in [2.24, 2.45) is 5.73 Å². The Hall–Kier alpha value is -3.06. The molecule has 0 saturated heterocycles. The maximum atomic E-state index is 12.6. The Labute approximate surface area is 170 Å². The number of aryl methyl sites for hydroxylation is 1. The molecule has 1 heterocycles. The molecule has 0 radical (unpaired) electrons. The Bertz CT molecular complexity index is 885. The first kappa shape index (κ1) is 20.7. The number of nitrogens with one attached hydrogen (secondary N) is 3. The van der Waals surface area contributed by atoms with E-state index in [1.807, 2.05) is 37.3 Å². The SMILES string of the molecule is Cc1cc(O)cc2c1C[C@@H](C(=O)N[C@H](C)C(=O)NC[C@H](N)Cc1ccccc1)N2. The van der Waals surface area contributed by atoms with Crippen LogP contribution in [0, 0.1) is 6.92 Å². The second-order valence-electron chi connectivity index (χ2n) is 7.62. The summed E-state index contributed by atoms with van der Waals surface area (Å²) in [6.07, 6.45) is 1.18. The molecule has 3 rings (SSSR count). The Balaban J connectivity index is 1.46. The van der Waals surface area contributed by atoms with Gasteiger partial charge in [0, 0.05) is 30.8 Å². The van der Waals surface area contributed by atoms with Crippen molar-refractivity contribution in [1.29, 1.82) is 0 Å². The van der Waals surface area contributed by atoms with Crippen molar-refractivity contribution in [3.05, 3.63) is 59.2 Å². The van der Waals surface area contributed by atoms with Gasteiger partial charge in [-0.2, -0.15) is 0 Å². The summed E-state index contributed by atoms with van der Waals surface area (Å²) < 4.78 is 0. The number of hydrogen-bond acceptors (Lipinski definition) is 5. The van der Waals surface area contributed by atoms with Crippen molar-refractivity contribution in [2.75, 3.05) is 11.9 Å². The fraction of sp³-hybridized carbons (Fsp3) is 0.364. The minimum Gasteiger partial charge on any atom is -0.508 e. The van der Waals surface area contributed by atoms with Crippen LogP contribution in [0.1, 0.15) is 23.6 Å². The lowest BCUT2D eigenvalue weighted by molar-refractivity contribution is -0.128. The van der Waals surface area contributed by atoms with E-state index in [-0.39, 0.29) is 23.6 Å². The average Bonchev–Trinajstić information content (AvgIpc) is 3.11. The van der Waals surface area contributed by atoms with Crippen molar-refractivity contribution in [2.45, 2.75) is 44.8 Å². The normalized spacial score (nSPS) is 17.0. The van der Waals surface area contributed by atoms with E-state index in [0.717, 1.165) is 22.4 Å². The Morgan fingerprint density at radius 3 is 2.72 bits per heavy atom. The molecule has 2 aromatic carbocycles. The van der Waals surface area contributed by atoms with Crippen molar-refractivity contribution < 1.29 is 14.7 Å². The van der Waals surface area contributed by atoms with E-state index in [4.69, 9.17) is 5.73 Å². The van der Waals surface area contributed by atoms with Crippen LogP contribution in [0.4, 0.5) is 5.69 Å². The van der Waals surface area contributed by atoms with Crippen molar-refractivity contribution in [3.63, 3.8) is 0 Å². The highest BCUT2D eigenvalue weighted by atomic mass is 16.3. The summed E-state index contributed by atoms with van der Waals surface area (Å²) in [6, 6.07) is 11.8. The summed E-state index contributed by atoms with van der Waals surface area (Å²) in [7, 11) is 0. The van der Waals surface area contributed by atoms with Gasteiger partial charge >= 0.3 is 0 Å². The van der Waals surface area contributed by atoms with Gasteiger partial charge in [0.25, 0.3) is 0 Å². The molecule has 6 N–H and O–H groups in total. The molecule has 2 aromatic rings. The maximum absolute atomic E-state index is 12.6. The third kappa shape index (κ3) is 5.26. The fourth-order valence-corrected chi connectivity index (χ4v) is 3.55. The van der Waals surface area contributed by atoms with Crippen LogP contribution in [-0.4, -0.2) is 41.6 Å². The molecule has 0 aromatic heterocycles. The Kier molecular flexibility index (Phi) is 6.39. The van der Waals surface area contributed by atoms with Crippen molar-refractivity contribution >= 4 is 17.5 Å². The molecular weight excluding hydrogens is 368 g/mol. The zero-order chi connectivity index (χ0) is 21.0. The lowest BCUT2D eigenvalue weighted by Crippen LogP contribution is -2.51. The second kappa shape index (κ2) is 8.96. The smallest absolute Gasteiger partial charge is 0.243 e. The van der Waals surface area contributed by atoms with Gasteiger partial charge in [0.1, 0.15) is 17.8 Å². The summed E-state index contributed by atoms with van der Waals surface area (Å²) >= 11 is 0. The molecule has 2 amide bonds. The van der Waals surface area contributed by atoms with E-state index in [1.54, 1.807) is 19.1 Å². The zero-order valence-electron chi connectivity index (χ0n) is 16.7. The number of anilines is 1. The number of phenols is 1. The third-order valence-electron chi connectivity index (χ3n) is 5.14. The molecule has 0 bridgehead atoms. The van der Waals surface area contributed by atoms with Gasteiger partial charge in [-0.15, -0.1) is 0 Å². The molecule has 0 spiro atoms. The van der Waals surface area contributed by atoms with E-state index >= 15 is 0 Å². The molecule has 0 saturated carbocycles. The Morgan fingerprint density at radius 2 is 2.00 bits per heavy atom. The van der Waals surface area contributed by atoms with Gasteiger partial charge in [-0.25, -0.2) is 0 Å². The molecule has 154 valence electrons. The van der Waals surface area contributed by atoms with E-state index in [2.05, 4.69) is 16.0 Å². The summed E-state index contributed by atoms with van der Waals surface area (Å²) in [6.45, 7) is 3.88. The van der Waals surface area contributed by atoms with Crippen LogP contribution in [0.5, 0.6) is 5.75 Å². The summed E-state index contributed by atoms with van der Waals surface area (Å²) in [5, 5.41) is 18.4. The van der Waals surface area contributed by atoms with Gasteiger partial charge in [-0.1, -0.05) is 30.3 Å². The van der Waals surface area contributed by atoms with Crippen LogP contribution in [0.2, 0.25) is 0 Å². The van der Waals surface area contributed by atoms with Crippen LogP contribution < -0.4 is 21.7 Å². The molecule has 0 aliphatic carbocycles. The predicted octanol–water partition coefficient (Wildman–Crippen LogP) is 1.23. The number of phenolic OH excluding ortho intramolecular Hbond substituents is 1. The van der Waals surface area contributed by atoms with Gasteiger partial charge in [0.05, 0.1) is 0 Å². The van der Waals surface area contributed by atoms with Crippen molar-refractivity contribution in [3.8, 4) is 5.75 Å². The zero-order valence-corrected chi connectivity index (χ0v) is 16.7. The van der Waals surface area contributed by atoms with Crippen LogP contribution >= 0.6 is 0 Å². The third-order valence-corrected chi connectivity index (χ3v) is 5.14. The first-order valence-corrected chi connectivity index (χ1v) is 9.80. The quantitative estimate of drug-likeness (QED) is 0.483. The van der Waals surface area contributed by atoms with E-state index in [9.17, 15) is 14.7 Å². The lowest BCUT2D eigenvalue weighted by atomic mass is 10.0. The first-order valence-electron chi connectivity index (χ1n) is 9.80. The summed E-state index contributed by atoms with van der Waals surface area (Å²) in [5.74, 6) is -0.364. The lowest BCUT2D eigenvalue weighted by Gasteiger charge is -2.19. The standard InChI is InChI=1S/C22H28N4O3/c1-13-8-17(27)10-19-18(13)11-20(26-19)22(29)25-14(2)21(28)24-12-16(23)9-15-6-4-3-5-7-15/h3-8,10,14,16,20,26-27H,9,11-12,23H2,1-2H3,(H,24,28)(H,25,29)/t14-,16-,20+/m1/s1. The number of aromatic hydroxyl groups is 1. The van der Waals surface area contributed by atoms with Crippen LogP contribution in [-0.2, 0) is 22.4 Å². The fourth-order valence-electron chi connectivity index (χ4n) is 3.55. The maximum Gasteiger partial charge on any atom is 0.243 e. The molecule has 1 aliphatic heterocycles. The average molecular weight is 396 g/mol. The Morgan fingerprint density at radius 1 is 1.28 bits per heavy atom. The first-order chi connectivity index (χ1) is 13.8. The second-order valence-corrected chi connectivity index (χ2v) is 7.62. The highest BCUT2D eigenvalue weighted by Crippen LogP contribution is 2.32. The topological polar surface area (TPSA) is 116 Å². The molecule has 3 atom stereocenters. The number of carbonyl (C=O) groups excluding carboxylic acids is 2. The van der Waals surface area contributed by atoms with Gasteiger partial charge in [-0.05, 0) is 43.0 Å². The summed E-state index contributed by atoms with van der Waals surface area (Å²) in [5.41, 5.74) is 9.91. The highest BCUT2D eigenvalue weighted by molar-refractivity contribution is 5.92. The number of benzene rings is 2. The number of nitrogens with two attached hydrogens (primary N) is 1. The molecule has 0 unspecified atom stereocenters. The molecule has 7 nitrogen and oxygen atoms in total. The highest BCUT2D eigenvalue weighted by Gasteiger charge is 2.30. The molecule has 7 heteroatoms. The van der Waals surface area contributed by atoms with Gasteiger partial charge in [0.2, 0.25) is 11.8 Å². The number of rotatable bonds is 7. The number of hydrogen-bond donors (Lipinski definition) is 5. The molecular formula is C22H28N4O3. The van der Waals surface area contributed by atoms with E-state index in [1.165, 1.54) is 0 Å². The van der Waals surface area contributed by atoms with Gasteiger partial charge in [-0.3, -0.25) is 9.59 Å². The van der Waals surface area contributed by atoms with Crippen LogP contribution in [0.15, 0.2) is 42.5 Å². The van der Waals surface area contributed by atoms with Crippen LogP contribution in [0.25, 0.3) is 0 Å². The van der Waals surface area contributed by atoms with Crippen molar-refractivity contribution in [1.82, 2.24) is 10.6 Å². The van der Waals surface area contributed by atoms with E-state index < -0.39 is 12.1 Å². The summed E-state index contributed by atoms with van der Waals surface area (Å²) in [4.78, 5) is 24.9. The van der Waals surface area contributed by atoms with E-state index in [0.29, 0.717) is 19.4 Å². The molecule has 1 aliphatic rings. The largest absolute Gasteiger partial charge is 0.508 e. The van der Waals surface area contributed by atoms with Crippen LogP contribution in [0.3, 0.4) is 0 Å². The monoisotopic (exact) mass is 396 g/mol. The molecule has 29 heavy (non-hydrogen) atoms. The predicted molar refractivity (Wildman–Crippen MR) is 113 cm³/mol. The van der Waals surface area contributed by atoms with Gasteiger partial charge in [0.15, 0.2) is 0 Å². The minimum absolute atomic E-state index is 0.161. The number of amides is 2.